The molecule has 0 fully saturated rings. The molecule has 3 unspecified atom stereocenters. The number of amides is 1. The molecule has 0 aliphatic heterocycles. The van der Waals surface area contributed by atoms with E-state index in [-0.39, 0.29) is 6.61 Å². The average molecular weight is 556 g/mol. The van der Waals surface area contributed by atoms with Crippen molar-refractivity contribution in [3.63, 3.8) is 0 Å². The van der Waals surface area contributed by atoms with E-state index in [0.29, 0.717) is 12.8 Å². The highest BCUT2D eigenvalue weighted by atomic mass is 16.3. The van der Waals surface area contributed by atoms with Gasteiger partial charge in [-0.15, -0.1) is 0 Å². The number of rotatable bonds is 31. The van der Waals surface area contributed by atoms with Crippen LogP contribution in [-0.2, 0) is 4.79 Å². The smallest absolute Gasteiger partial charge is 0.249 e. The highest BCUT2D eigenvalue weighted by Gasteiger charge is 2.23. The molecule has 5 heteroatoms. The van der Waals surface area contributed by atoms with Gasteiger partial charge >= 0.3 is 0 Å². The van der Waals surface area contributed by atoms with E-state index in [4.69, 9.17) is 0 Å². The lowest BCUT2D eigenvalue weighted by molar-refractivity contribution is -0.131. The van der Waals surface area contributed by atoms with Crippen LogP contribution in [0.5, 0.6) is 0 Å². The van der Waals surface area contributed by atoms with E-state index in [1.54, 1.807) is 0 Å². The van der Waals surface area contributed by atoms with Crippen LogP contribution in [0.25, 0.3) is 0 Å². The molecule has 4 N–H and O–H groups in total. The molecule has 0 aromatic rings. The highest BCUT2D eigenvalue weighted by Crippen LogP contribution is 2.15. The number of aliphatic hydroxyl groups is 3. The Kier molecular flexibility index (Phi) is 29.8. The van der Waals surface area contributed by atoms with E-state index in [9.17, 15) is 20.1 Å². The number of hydrogen-bond acceptors (Lipinski definition) is 4. The van der Waals surface area contributed by atoms with Crippen LogP contribution < -0.4 is 5.32 Å². The van der Waals surface area contributed by atoms with Gasteiger partial charge in [0.15, 0.2) is 0 Å². The SMILES string of the molecule is CCCCCCCCCCCCCCCCC(O)C(CO)NC(=O)C(O)CCCCCCCCCCCCC. The fourth-order valence-electron chi connectivity index (χ4n) is 5.42. The summed E-state index contributed by atoms with van der Waals surface area (Å²) >= 11 is 0. The van der Waals surface area contributed by atoms with E-state index in [1.165, 1.54) is 128 Å². The van der Waals surface area contributed by atoms with E-state index in [1.807, 2.05) is 0 Å². The minimum atomic E-state index is -1.06. The van der Waals surface area contributed by atoms with Crippen LogP contribution in [0.3, 0.4) is 0 Å². The number of hydrogen-bond donors (Lipinski definition) is 4. The van der Waals surface area contributed by atoms with Crippen LogP contribution >= 0.6 is 0 Å². The summed E-state index contributed by atoms with van der Waals surface area (Å²) in [6.07, 6.45) is 30.8. The van der Waals surface area contributed by atoms with Crippen molar-refractivity contribution < 1.29 is 20.1 Å². The van der Waals surface area contributed by atoms with Gasteiger partial charge in [0.25, 0.3) is 0 Å². The van der Waals surface area contributed by atoms with Crippen LogP contribution in [0.4, 0.5) is 0 Å². The Morgan fingerprint density at radius 2 is 0.821 bits per heavy atom. The van der Waals surface area contributed by atoms with Crippen molar-refractivity contribution in [1.29, 1.82) is 0 Å². The van der Waals surface area contributed by atoms with Crippen molar-refractivity contribution >= 4 is 5.91 Å². The van der Waals surface area contributed by atoms with Gasteiger partial charge < -0.3 is 20.6 Å². The van der Waals surface area contributed by atoms with Gasteiger partial charge in [0, 0.05) is 0 Å². The van der Waals surface area contributed by atoms with Gasteiger partial charge in [0.05, 0.1) is 18.8 Å². The Morgan fingerprint density at radius 3 is 1.15 bits per heavy atom. The van der Waals surface area contributed by atoms with Gasteiger partial charge in [0.2, 0.25) is 5.91 Å². The van der Waals surface area contributed by atoms with Crippen molar-refractivity contribution in [3.05, 3.63) is 0 Å². The summed E-state index contributed by atoms with van der Waals surface area (Å²) in [4.78, 5) is 12.3. The highest BCUT2D eigenvalue weighted by molar-refractivity contribution is 5.80. The minimum absolute atomic E-state index is 0.309. The van der Waals surface area contributed by atoms with Crippen LogP contribution in [0, 0.1) is 0 Å². The molecule has 0 radical (unpaired) electrons. The van der Waals surface area contributed by atoms with Crippen molar-refractivity contribution in [2.24, 2.45) is 0 Å². The number of carbonyl (C=O) groups is 1. The van der Waals surface area contributed by atoms with Crippen LogP contribution in [-0.4, -0.2) is 46.1 Å². The number of unbranched alkanes of at least 4 members (excludes halogenated alkanes) is 23. The zero-order valence-corrected chi connectivity index (χ0v) is 26.3. The summed E-state index contributed by atoms with van der Waals surface area (Å²) in [5, 5.41) is 33.0. The second-order valence-electron chi connectivity index (χ2n) is 12.1. The van der Waals surface area contributed by atoms with E-state index < -0.39 is 24.2 Å². The monoisotopic (exact) mass is 556 g/mol. The van der Waals surface area contributed by atoms with Crippen molar-refractivity contribution in [3.8, 4) is 0 Å². The molecule has 39 heavy (non-hydrogen) atoms. The quantitative estimate of drug-likeness (QED) is 0.0644. The second kappa shape index (κ2) is 30.3. The molecule has 234 valence electrons. The van der Waals surface area contributed by atoms with Gasteiger partial charge in [-0.1, -0.05) is 174 Å². The zero-order chi connectivity index (χ0) is 28.8. The Labute approximate surface area is 243 Å². The van der Waals surface area contributed by atoms with Crippen molar-refractivity contribution in [1.82, 2.24) is 5.32 Å². The molecule has 5 nitrogen and oxygen atoms in total. The molecule has 3 atom stereocenters. The lowest BCUT2D eigenvalue weighted by Gasteiger charge is -2.23. The van der Waals surface area contributed by atoms with Crippen LogP contribution in [0.15, 0.2) is 0 Å². The van der Waals surface area contributed by atoms with Gasteiger partial charge in [-0.25, -0.2) is 0 Å². The Bertz CT molecular complexity index is 502. The number of aliphatic hydroxyl groups excluding tert-OH is 3. The third-order valence-corrected chi connectivity index (χ3v) is 8.23. The first-order valence-electron chi connectivity index (χ1n) is 17.3. The molecule has 0 heterocycles. The predicted molar refractivity (Wildman–Crippen MR) is 167 cm³/mol. The Balaban J connectivity index is 3.68. The first-order valence-corrected chi connectivity index (χ1v) is 17.3. The van der Waals surface area contributed by atoms with Gasteiger partial charge in [-0.05, 0) is 12.8 Å². The van der Waals surface area contributed by atoms with Gasteiger partial charge in [0.1, 0.15) is 6.10 Å². The normalized spacial score (nSPS) is 13.9. The van der Waals surface area contributed by atoms with E-state index in [0.717, 1.165) is 32.1 Å². The summed E-state index contributed by atoms with van der Waals surface area (Å²) in [5.41, 5.74) is 0. The molecule has 0 saturated heterocycles. The van der Waals surface area contributed by atoms with E-state index >= 15 is 0 Å². The fraction of sp³-hybridized carbons (Fsp3) is 0.971. The molecule has 1 amide bonds. The average Bonchev–Trinajstić information content (AvgIpc) is 2.94. The standard InChI is InChI=1S/C34H69NO4/c1-3-5-7-9-11-13-15-16-17-19-20-22-24-26-28-32(37)31(30-36)35-34(39)33(38)29-27-25-23-21-18-14-12-10-8-6-4-2/h31-33,36-38H,3-30H2,1-2H3,(H,35,39). The minimum Gasteiger partial charge on any atom is -0.394 e. The Morgan fingerprint density at radius 1 is 0.513 bits per heavy atom. The Hall–Kier alpha value is -0.650. The second-order valence-corrected chi connectivity index (χ2v) is 12.1. The summed E-state index contributed by atoms with van der Waals surface area (Å²) in [7, 11) is 0. The molecule has 0 aliphatic rings. The summed E-state index contributed by atoms with van der Waals surface area (Å²) in [5.74, 6) is -0.471. The van der Waals surface area contributed by atoms with E-state index in [2.05, 4.69) is 19.2 Å². The number of nitrogens with one attached hydrogen (secondary N) is 1. The zero-order valence-electron chi connectivity index (χ0n) is 26.3. The third-order valence-electron chi connectivity index (χ3n) is 8.23. The molecular formula is C34H69NO4. The van der Waals surface area contributed by atoms with Crippen LogP contribution in [0.2, 0.25) is 0 Å². The third kappa shape index (κ3) is 26.0. The summed E-state index contributed by atoms with van der Waals surface area (Å²) < 4.78 is 0. The fourth-order valence-corrected chi connectivity index (χ4v) is 5.42. The lowest BCUT2D eigenvalue weighted by atomic mass is 10.0. The summed E-state index contributed by atoms with van der Waals surface area (Å²) in [6.45, 7) is 4.20. The maximum atomic E-state index is 12.3. The molecule has 0 spiro atoms. The largest absolute Gasteiger partial charge is 0.394 e. The van der Waals surface area contributed by atoms with Crippen molar-refractivity contribution in [2.75, 3.05) is 6.61 Å². The first-order chi connectivity index (χ1) is 19.1. The molecule has 0 rings (SSSR count). The lowest BCUT2D eigenvalue weighted by Crippen LogP contribution is -2.49. The number of carbonyl (C=O) groups excluding carboxylic acids is 1. The van der Waals surface area contributed by atoms with Crippen molar-refractivity contribution in [2.45, 2.75) is 205 Å². The van der Waals surface area contributed by atoms with Gasteiger partial charge in [-0.3, -0.25) is 4.79 Å². The maximum absolute atomic E-state index is 12.3. The van der Waals surface area contributed by atoms with Gasteiger partial charge in [-0.2, -0.15) is 0 Å². The maximum Gasteiger partial charge on any atom is 0.249 e. The first kappa shape index (κ1) is 38.4. The molecule has 0 aliphatic carbocycles. The molecule has 0 aromatic carbocycles. The molecule has 0 saturated carbocycles. The summed E-state index contributed by atoms with van der Waals surface area (Å²) in [6, 6.07) is -0.702. The molecule has 0 aromatic heterocycles. The van der Waals surface area contributed by atoms with Crippen LogP contribution in [0.1, 0.15) is 187 Å². The topological polar surface area (TPSA) is 89.8 Å². The molecule has 0 bridgehead atoms. The molecular weight excluding hydrogens is 486 g/mol. The predicted octanol–water partition coefficient (Wildman–Crippen LogP) is 8.76.